The first-order chi connectivity index (χ1) is 7.57. The molecule has 8 heteroatoms. The first-order valence-corrected chi connectivity index (χ1v) is 5.23. The number of nitrogens with one attached hydrogen (secondary N) is 3. The number of aliphatic hydroxyl groups is 1. The summed E-state index contributed by atoms with van der Waals surface area (Å²) in [6, 6.07) is -0.611. The van der Waals surface area contributed by atoms with Crippen LogP contribution in [0, 0.1) is 5.41 Å². The van der Waals surface area contributed by atoms with Gasteiger partial charge in [0.2, 0.25) is 0 Å². The van der Waals surface area contributed by atoms with Gasteiger partial charge in [0, 0.05) is 13.2 Å². The van der Waals surface area contributed by atoms with Crippen LogP contribution >= 0.6 is 0 Å². The minimum Gasteiger partial charge on any atom is -0.480 e. The first-order valence-electron chi connectivity index (χ1n) is 5.23. The van der Waals surface area contributed by atoms with E-state index >= 15 is 0 Å². The van der Waals surface area contributed by atoms with Gasteiger partial charge in [0.1, 0.15) is 6.04 Å². The molecule has 0 aliphatic heterocycles. The number of carboxylic acid groups (broad SMARTS) is 1. The van der Waals surface area contributed by atoms with Gasteiger partial charge in [-0.1, -0.05) is 0 Å². The Kier molecular flexibility index (Phi) is 11.8. The van der Waals surface area contributed by atoms with Gasteiger partial charge in [0.15, 0.2) is 5.96 Å². The van der Waals surface area contributed by atoms with E-state index in [-0.39, 0.29) is 18.0 Å². The highest BCUT2D eigenvalue weighted by Gasteiger charge is 2.15. The topological polar surface area (TPSA) is 163 Å². The summed E-state index contributed by atoms with van der Waals surface area (Å²) in [7, 11) is 0. The van der Waals surface area contributed by atoms with E-state index in [1.165, 1.54) is 0 Å². The zero-order chi connectivity index (χ0) is 12.4. The lowest BCUT2D eigenvalue weighted by Gasteiger charge is -2.14. The number of guanidine groups is 1. The summed E-state index contributed by atoms with van der Waals surface area (Å²) >= 11 is 0. The Morgan fingerprint density at radius 1 is 1.35 bits per heavy atom. The van der Waals surface area contributed by atoms with E-state index in [1.807, 2.05) is 0 Å². The summed E-state index contributed by atoms with van der Waals surface area (Å²) in [4.78, 5) is 10.8. The molecule has 0 aromatic carbocycles. The van der Waals surface area contributed by atoms with Crippen LogP contribution in [-0.4, -0.2) is 53.4 Å². The molecular weight excluding hydrogens is 228 g/mol. The van der Waals surface area contributed by atoms with E-state index in [0.29, 0.717) is 32.4 Å². The number of aliphatic hydroxyl groups excluding tert-OH is 1. The summed E-state index contributed by atoms with van der Waals surface area (Å²) in [6.07, 6.45) is 1.61. The summed E-state index contributed by atoms with van der Waals surface area (Å²) in [5.41, 5.74) is 5.08. The van der Waals surface area contributed by atoms with Crippen molar-refractivity contribution in [3.8, 4) is 0 Å². The van der Waals surface area contributed by atoms with Crippen LogP contribution < -0.4 is 16.4 Å². The van der Waals surface area contributed by atoms with Gasteiger partial charge >= 0.3 is 5.97 Å². The monoisotopic (exact) mass is 250 g/mol. The van der Waals surface area contributed by atoms with Crippen LogP contribution in [0.25, 0.3) is 0 Å². The Bertz CT molecular complexity index is 225. The minimum atomic E-state index is -0.902. The molecule has 0 amide bonds. The Morgan fingerprint density at radius 3 is 2.47 bits per heavy atom. The zero-order valence-electron chi connectivity index (χ0n) is 9.70. The van der Waals surface area contributed by atoms with E-state index in [1.54, 1.807) is 0 Å². The van der Waals surface area contributed by atoms with Gasteiger partial charge in [-0.15, -0.1) is 0 Å². The molecule has 0 fully saturated rings. The molecule has 102 valence electrons. The van der Waals surface area contributed by atoms with Gasteiger partial charge in [0.25, 0.3) is 0 Å². The lowest BCUT2D eigenvalue weighted by atomic mass is 10.1. The van der Waals surface area contributed by atoms with Crippen LogP contribution in [0.3, 0.4) is 0 Å². The predicted octanol–water partition coefficient (Wildman–Crippen LogP) is -2.15. The Hall–Kier alpha value is -1.38. The van der Waals surface area contributed by atoms with E-state index < -0.39 is 12.0 Å². The van der Waals surface area contributed by atoms with Gasteiger partial charge in [0.05, 0.1) is 0 Å². The molecular formula is C9H22N4O4. The number of hydrogen-bond acceptors (Lipinski definition) is 4. The summed E-state index contributed by atoms with van der Waals surface area (Å²) in [6.45, 7) is 1.01. The quantitative estimate of drug-likeness (QED) is 0.155. The third kappa shape index (κ3) is 10.9. The van der Waals surface area contributed by atoms with Crippen molar-refractivity contribution >= 4 is 11.9 Å². The van der Waals surface area contributed by atoms with E-state index in [2.05, 4.69) is 10.6 Å². The van der Waals surface area contributed by atoms with Crippen LogP contribution in [0.2, 0.25) is 0 Å². The molecule has 0 radical (unpaired) electrons. The highest BCUT2D eigenvalue weighted by molar-refractivity contribution is 5.74. The van der Waals surface area contributed by atoms with Crippen LogP contribution in [0.4, 0.5) is 0 Å². The molecule has 1 unspecified atom stereocenters. The van der Waals surface area contributed by atoms with Crippen molar-refractivity contribution in [2.75, 3.05) is 19.7 Å². The Labute approximate surface area is 100 Å². The van der Waals surface area contributed by atoms with Crippen LogP contribution in [0.1, 0.15) is 19.3 Å². The standard InChI is InChI=1S/C9H20N4O3.H2O/c10-9(11)13-4-1-3-7(8(15)16)12-5-2-6-14;/h7,12,14H,1-6H2,(H,15,16)(H4,10,11,13);1H2. The molecule has 0 aliphatic rings. The largest absolute Gasteiger partial charge is 0.480 e. The SMILES string of the molecule is N=C(N)NCCCC(NCCCO)C(=O)O.O. The summed E-state index contributed by atoms with van der Waals surface area (Å²) < 4.78 is 0. The normalized spacial score (nSPS) is 11.4. The van der Waals surface area contributed by atoms with Gasteiger partial charge in [-0.25, -0.2) is 0 Å². The molecule has 17 heavy (non-hydrogen) atoms. The average molecular weight is 250 g/mol. The van der Waals surface area contributed by atoms with Crippen molar-refractivity contribution in [3.63, 3.8) is 0 Å². The highest BCUT2D eigenvalue weighted by Crippen LogP contribution is 1.97. The molecule has 0 spiro atoms. The molecule has 1 atom stereocenters. The Morgan fingerprint density at radius 2 is 2.00 bits per heavy atom. The van der Waals surface area contributed by atoms with Crippen LogP contribution in [0.5, 0.6) is 0 Å². The molecule has 0 rings (SSSR count). The predicted molar refractivity (Wildman–Crippen MR) is 63.9 cm³/mol. The van der Waals surface area contributed by atoms with Crippen molar-refractivity contribution < 1.29 is 20.5 Å². The molecule has 0 aliphatic carbocycles. The van der Waals surface area contributed by atoms with E-state index in [4.69, 9.17) is 21.4 Å². The molecule has 0 saturated carbocycles. The van der Waals surface area contributed by atoms with Crippen LogP contribution in [-0.2, 0) is 4.79 Å². The fourth-order valence-electron chi connectivity index (χ4n) is 1.20. The zero-order valence-corrected chi connectivity index (χ0v) is 9.70. The summed E-state index contributed by atoms with van der Waals surface area (Å²) in [5.74, 6) is -1.01. The summed E-state index contributed by atoms with van der Waals surface area (Å²) in [5, 5.41) is 29.8. The maximum atomic E-state index is 10.8. The maximum absolute atomic E-state index is 10.8. The highest BCUT2D eigenvalue weighted by atomic mass is 16.4. The van der Waals surface area contributed by atoms with Crippen molar-refractivity contribution in [1.82, 2.24) is 10.6 Å². The van der Waals surface area contributed by atoms with Gasteiger partial charge in [-0.2, -0.15) is 0 Å². The van der Waals surface area contributed by atoms with Crippen LogP contribution in [0.15, 0.2) is 0 Å². The molecule has 0 saturated heterocycles. The lowest BCUT2D eigenvalue weighted by molar-refractivity contribution is -0.139. The second kappa shape index (κ2) is 11.1. The average Bonchev–Trinajstić information content (AvgIpc) is 2.21. The molecule has 0 heterocycles. The van der Waals surface area contributed by atoms with Crippen molar-refractivity contribution in [2.45, 2.75) is 25.3 Å². The maximum Gasteiger partial charge on any atom is 0.320 e. The lowest BCUT2D eigenvalue weighted by Crippen LogP contribution is -2.38. The molecule has 0 aromatic heterocycles. The Balaban J connectivity index is 0. The van der Waals surface area contributed by atoms with E-state index in [9.17, 15) is 4.79 Å². The van der Waals surface area contributed by atoms with Gasteiger partial charge in [-0.3, -0.25) is 10.2 Å². The molecule has 0 aromatic rings. The minimum absolute atomic E-state index is 0. The second-order valence-corrected chi connectivity index (χ2v) is 3.40. The van der Waals surface area contributed by atoms with Gasteiger partial charge < -0.3 is 32.1 Å². The van der Waals surface area contributed by atoms with Crippen molar-refractivity contribution in [3.05, 3.63) is 0 Å². The number of aliphatic carboxylic acids is 1. The smallest absolute Gasteiger partial charge is 0.320 e. The number of carboxylic acids is 1. The number of carbonyl (C=O) groups is 1. The fourth-order valence-corrected chi connectivity index (χ4v) is 1.20. The molecule has 8 nitrogen and oxygen atoms in total. The number of nitrogens with two attached hydrogens (primary N) is 1. The third-order valence-electron chi connectivity index (χ3n) is 2.01. The number of hydrogen-bond donors (Lipinski definition) is 6. The van der Waals surface area contributed by atoms with E-state index in [0.717, 1.165) is 0 Å². The van der Waals surface area contributed by atoms with Gasteiger partial charge in [-0.05, 0) is 25.8 Å². The number of rotatable bonds is 9. The molecule has 0 bridgehead atoms. The first kappa shape index (κ1) is 18.0. The fraction of sp³-hybridized carbons (Fsp3) is 0.778. The third-order valence-corrected chi connectivity index (χ3v) is 2.01. The molecule has 9 N–H and O–H groups in total. The second-order valence-electron chi connectivity index (χ2n) is 3.40. The van der Waals surface area contributed by atoms with Crippen molar-refractivity contribution in [2.24, 2.45) is 5.73 Å². The van der Waals surface area contributed by atoms with Crippen molar-refractivity contribution in [1.29, 1.82) is 5.41 Å².